The first-order valence-corrected chi connectivity index (χ1v) is 9.26. The maximum absolute atomic E-state index is 10.7. The molecule has 27 heavy (non-hydrogen) atoms. The summed E-state index contributed by atoms with van der Waals surface area (Å²) in [5, 5.41) is 13.9. The highest BCUT2D eigenvalue weighted by Crippen LogP contribution is 2.25. The monoisotopic (exact) mass is 382 g/mol. The first-order chi connectivity index (χ1) is 13.0. The number of anilines is 3. The number of aryl methyl sites for hydroxylation is 1. The maximum Gasteiger partial charge on any atom is 0.269 e. The molecule has 0 aliphatic rings. The van der Waals surface area contributed by atoms with Crippen molar-refractivity contribution in [2.24, 2.45) is 0 Å². The van der Waals surface area contributed by atoms with E-state index < -0.39 is 4.92 Å². The maximum atomic E-state index is 10.7. The zero-order valence-electron chi connectivity index (χ0n) is 14.6. The summed E-state index contributed by atoms with van der Waals surface area (Å²) in [7, 11) is 0. The van der Waals surface area contributed by atoms with Crippen molar-refractivity contribution in [3.8, 4) is 0 Å². The van der Waals surface area contributed by atoms with Crippen LogP contribution in [0.25, 0.3) is 0 Å². The van der Waals surface area contributed by atoms with Gasteiger partial charge >= 0.3 is 0 Å². The number of nitrogens with two attached hydrogens (primary N) is 1. The summed E-state index contributed by atoms with van der Waals surface area (Å²) in [5.74, 6) is 1.53. The van der Waals surface area contributed by atoms with Crippen molar-refractivity contribution in [2.75, 3.05) is 11.1 Å². The number of para-hydroxylation sites is 1. The Morgan fingerprint density at radius 3 is 2.56 bits per heavy atom. The lowest BCUT2D eigenvalue weighted by Crippen LogP contribution is -2.07. The number of nitrogens with one attached hydrogen (secondary N) is 1. The number of hydrogen-bond donors (Lipinski definition) is 2. The van der Waals surface area contributed by atoms with E-state index in [1.165, 1.54) is 23.9 Å². The third-order valence-electron chi connectivity index (χ3n) is 3.76. The van der Waals surface area contributed by atoms with Crippen LogP contribution in [0.5, 0.6) is 0 Å². The Labute approximate surface area is 160 Å². The average Bonchev–Trinajstić information content (AvgIpc) is 2.67. The minimum atomic E-state index is -0.423. The first kappa shape index (κ1) is 18.6. The van der Waals surface area contributed by atoms with Crippen LogP contribution >= 0.6 is 11.8 Å². The number of nitrogen functional groups attached to an aromatic ring is 1. The normalized spacial score (nSPS) is 10.6. The lowest BCUT2D eigenvalue weighted by Gasteiger charge is -2.10. The van der Waals surface area contributed by atoms with Crippen LogP contribution in [0.2, 0.25) is 0 Å². The molecule has 0 unspecified atom stereocenters. The summed E-state index contributed by atoms with van der Waals surface area (Å²) in [4.78, 5) is 23.9. The van der Waals surface area contributed by atoms with Gasteiger partial charge in [0.2, 0.25) is 11.9 Å². The summed E-state index contributed by atoms with van der Waals surface area (Å²) in [6, 6.07) is 14.3. The Hall–Kier alpha value is -3.20. The molecule has 1 aromatic heterocycles. The highest BCUT2D eigenvalue weighted by Gasteiger charge is 2.09. The zero-order valence-corrected chi connectivity index (χ0v) is 15.4. The van der Waals surface area contributed by atoms with Crippen LogP contribution in [0.3, 0.4) is 0 Å². The lowest BCUT2D eigenvalue weighted by molar-refractivity contribution is -0.384. The molecule has 3 rings (SSSR count). The van der Waals surface area contributed by atoms with Crippen LogP contribution in [-0.2, 0) is 12.2 Å². The molecule has 0 bridgehead atoms. The summed E-state index contributed by atoms with van der Waals surface area (Å²) in [6.45, 7) is 2.08. The van der Waals surface area contributed by atoms with Gasteiger partial charge in [-0.2, -0.15) is 15.0 Å². The number of nitro benzene ring substituents is 1. The molecule has 0 spiro atoms. The molecule has 0 fully saturated rings. The Balaban J connectivity index is 1.72. The third-order valence-corrected chi connectivity index (χ3v) is 4.77. The van der Waals surface area contributed by atoms with Gasteiger partial charge in [0.05, 0.1) is 10.7 Å². The number of benzene rings is 2. The van der Waals surface area contributed by atoms with E-state index in [9.17, 15) is 10.1 Å². The Morgan fingerprint density at radius 1 is 1.11 bits per heavy atom. The Morgan fingerprint density at radius 2 is 1.85 bits per heavy atom. The molecule has 0 saturated heterocycles. The molecule has 0 amide bonds. The van der Waals surface area contributed by atoms with Crippen molar-refractivity contribution >= 4 is 35.0 Å². The summed E-state index contributed by atoms with van der Waals surface area (Å²) < 4.78 is 0. The molecular formula is C18H18N6O2S. The van der Waals surface area contributed by atoms with Gasteiger partial charge in [-0.25, -0.2) is 0 Å². The molecular weight excluding hydrogens is 364 g/mol. The molecule has 3 aromatic rings. The number of aromatic nitrogens is 3. The predicted octanol–water partition coefficient (Wildman–Crippen LogP) is 3.96. The van der Waals surface area contributed by atoms with Gasteiger partial charge in [0.1, 0.15) is 5.82 Å². The van der Waals surface area contributed by atoms with E-state index in [4.69, 9.17) is 5.73 Å². The third kappa shape index (κ3) is 4.91. The molecule has 138 valence electrons. The van der Waals surface area contributed by atoms with E-state index in [0.717, 1.165) is 22.6 Å². The number of hydrogen-bond acceptors (Lipinski definition) is 8. The number of non-ortho nitro benzene ring substituents is 1. The van der Waals surface area contributed by atoms with E-state index in [1.807, 2.05) is 24.3 Å². The smallest absolute Gasteiger partial charge is 0.269 e. The fourth-order valence-electron chi connectivity index (χ4n) is 2.44. The van der Waals surface area contributed by atoms with Crippen molar-refractivity contribution in [3.63, 3.8) is 0 Å². The van der Waals surface area contributed by atoms with Crippen molar-refractivity contribution in [3.05, 3.63) is 70.0 Å². The molecule has 0 radical (unpaired) electrons. The minimum absolute atomic E-state index is 0.0600. The van der Waals surface area contributed by atoms with Gasteiger partial charge in [-0.05, 0) is 30.2 Å². The number of nitrogens with zero attached hydrogens (tertiary/aromatic N) is 4. The molecule has 0 atom stereocenters. The first-order valence-electron chi connectivity index (χ1n) is 8.27. The number of nitro groups is 1. The van der Waals surface area contributed by atoms with Crippen LogP contribution < -0.4 is 11.1 Å². The van der Waals surface area contributed by atoms with E-state index >= 15 is 0 Å². The number of rotatable bonds is 7. The standard InChI is InChI=1S/C18H18N6O2S/c1-2-12-5-3-4-6-15(12)20-18-22-16(21-17(19)23-18)11-27-14-9-7-13(8-10-14)24(25)26/h3-10H,2,11H2,1H3,(H3,19,20,21,22,23). The van der Waals surface area contributed by atoms with E-state index in [1.54, 1.807) is 12.1 Å². The van der Waals surface area contributed by atoms with Crippen molar-refractivity contribution in [1.29, 1.82) is 0 Å². The molecule has 2 aromatic carbocycles. The van der Waals surface area contributed by atoms with Gasteiger partial charge in [-0.1, -0.05) is 25.1 Å². The quantitative estimate of drug-likeness (QED) is 0.358. The number of thioether (sulfide) groups is 1. The van der Waals surface area contributed by atoms with Crippen LogP contribution in [-0.4, -0.2) is 19.9 Å². The Bertz CT molecular complexity index is 949. The SMILES string of the molecule is CCc1ccccc1Nc1nc(N)nc(CSc2ccc([N+](=O)[O-])cc2)n1. The van der Waals surface area contributed by atoms with Crippen LogP contribution in [0.4, 0.5) is 23.3 Å². The second-order valence-corrected chi connectivity index (χ2v) is 6.66. The van der Waals surface area contributed by atoms with Crippen LogP contribution in [0.15, 0.2) is 53.4 Å². The topological polar surface area (TPSA) is 120 Å². The van der Waals surface area contributed by atoms with Crippen molar-refractivity contribution in [1.82, 2.24) is 15.0 Å². The lowest BCUT2D eigenvalue weighted by atomic mass is 10.1. The van der Waals surface area contributed by atoms with Crippen LogP contribution in [0, 0.1) is 10.1 Å². The molecule has 0 aliphatic carbocycles. The van der Waals surface area contributed by atoms with Crippen LogP contribution in [0.1, 0.15) is 18.3 Å². The Kier molecular flexibility index (Phi) is 5.82. The molecule has 0 saturated carbocycles. The summed E-state index contributed by atoms with van der Waals surface area (Å²) in [6.07, 6.45) is 0.882. The van der Waals surface area contributed by atoms with Crippen molar-refractivity contribution < 1.29 is 4.92 Å². The minimum Gasteiger partial charge on any atom is -0.368 e. The van der Waals surface area contributed by atoms with Crippen molar-refractivity contribution in [2.45, 2.75) is 24.0 Å². The average molecular weight is 382 g/mol. The second-order valence-electron chi connectivity index (χ2n) is 5.61. The van der Waals surface area contributed by atoms with E-state index in [0.29, 0.717) is 17.5 Å². The molecule has 1 heterocycles. The predicted molar refractivity (Wildman–Crippen MR) is 106 cm³/mol. The van der Waals surface area contributed by atoms with Gasteiger partial charge in [0, 0.05) is 22.7 Å². The molecule has 9 heteroatoms. The second kappa shape index (κ2) is 8.45. The highest BCUT2D eigenvalue weighted by atomic mass is 32.2. The van der Waals surface area contributed by atoms with Gasteiger partial charge in [0.15, 0.2) is 0 Å². The largest absolute Gasteiger partial charge is 0.368 e. The van der Waals surface area contributed by atoms with E-state index in [2.05, 4.69) is 27.2 Å². The van der Waals surface area contributed by atoms with Gasteiger partial charge in [-0.3, -0.25) is 10.1 Å². The molecule has 0 aliphatic heterocycles. The van der Waals surface area contributed by atoms with Gasteiger partial charge in [-0.15, -0.1) is 11.8 Å². The highest BCUT2D eigenvalue weighted by molar-refractivity contribution is 7.98. The van der Waals surface area contributed by atoms with Gasteiger partial charge in [0.25, 0.3) is 5.69 Å². The fraction of sp³-hybridized carbons (Fsp3) is 0.167. The summed E-state index contributed by atoms with van der Waals surface area (Å²) in [5.41, 5.74) is 7.96. The molecule has 8 nitrogen and oxygen atoms in total. The molecule has 3 N–H and O–H groups in total. The van der Waals surface area contributed by atoms with Gasteiger partial charge < -0.3 is 11.1 Å². The zero-order chi connectivity index (χ0) is 19.2. The fourth-order valence-corrected chi connectivity index (χ4v) is 3.19. The van der Waals surface area contributed by atoms with E-state index in [-0.39, 0.29) is 11.6 Å². The summed E-state index contributed by atoms with van der Waals surface area (Å²) >= 11 is 1.47.